The van der Waals surface area contributed by atoms with Crippen molar-refractivity contribution in [2.45, 2.75) is 13.5 Å². The summed E-state index contributed by atoms with van der Waals surface area (Å²) in [6, 6.07) is 15.7. The molecule has 152 valence electrons. The minimum Gasteiger partial charge on any atom is -0.346 e. The summed E-state index contributed by atoms with van der Waals surface area (Å²) in [6.45, 7) is 2.34. The second-order valence-corrected chi connectivity index (χ2v) is 7.13. The van der Waals surface area contributed by atoms with Crippen LogP contribution in [-0.4, -0.2) is 35.3 Å². The van der Waals surface area contributed by atoms with E-state index in [0.717, 1.165) is 22.6 Å². The fraction of sp³-hybridized carbons (Fsp3) is 0.0870. The van der Waals surface area contributed by atoms with Crippen molar-refractivity contribution in [3.8, 4) is 16.9 Å². The van der Waals surface area contributed by atoms with E-state index >= 15 is 0 Å². The number of amides is 1. The lowest BCUT2D eigenvalue weighted by Gasteiger charge is -2.09. The van der Waals surface area contributed by atoms with Crippen molar-refractivity contribution in [1.82, 2.24) is 34.7 Å². The first-order valence-corrected chi connectivity index (χ1v) is 9.82. The molecule has 0 spiro atoms. The van der Waals surface area contributed by atoms with E-state index in [0.29, 0.717) is 17.8 Å². The molecule has 8 heteroatoms. The van der Waals surface area contributed by atoms with Gasteiger partial charge in [0.05, 0.1) is 29.8 Å². The zero-order valence-electron chi connectivity index (χ0n) is 16.8. The third-order valence-corrected chi connectivity index (χ3v) is 4.99. The molecule has 0 aliphatic heterocycles. The maximum Gasteiger partial charge on any atom is 0.257 e. The van der Waals surface area contributed by atoms with Crippen LogP contribution in [-0.2, 0) is 6.54 Å². The number of pyridine rings is 1. The molecular weight excluding hydrogens is 390 g/mol. The van der Waals surface area contributed by atoms with Crippen molar-refractivity contribution in [2.24, 2.45) is 0 Å². The van der Waals surface area contributed by atoms with Gasteiger partial charge in [-0.3, -0.25) is 9.78 Å². The van der Waals surface area contributed by atoms with Gasteiger partial charge in [0, 0.05) is 30.4 Å². The SMILES string of the molecule is Cc1ccc(-n2nc(-c3ccncc3)cc2CNC(=O)c2cnn3cccnc23)cc1. The third kappa shape index (κ3) is 3.66. The number of hydrogen-bond donors (Lipinski definition) is 1. The number of nitrogens with zero attached hydrogens (tertiary/aromatic N) is 6. The van der Waals surface area contributed by atoms with Crippen LogP contribution in [0.3, 0.4) is 0 Å². The van der Waals surface area contributed by atoms with E-state index in [1.54, 1.807) is 35.4 Å². The van der Waals surface area contributed by atoms with Crippen molar-refractivity contribution in [1.29, 1.82) is 0 Å². The minimum absolute atomic E-state index is 0.240. The number of carbonyl (C=O) groups excluding carboxylic acids is 1. The Balaban J connectivity index is 1.46. The molecule has 1 amide bonds. The molecule has 8 nitrogen and oxygen atoms in total. The molecule has 5 aromatic rings. The van der Waals surface area contributed by atoms with Gasteiger partial charge in [-0.05, 0) is 43.3 Å². The Morgan fingerprint density at radius 2 is 1.87 bits per heavy atom. The molecule has 1 N–H and O–H groups in total. The van der Waals surface area contributed by atoms with Gasteiger partial charge in [0.2, 0.25) is 0 Å². The van der Waals surface area contributed by atoms with Gasteiger partial charge in [-0.15, -0.1) is 0 Å². The highest BCUT2D eigenvalue weighted by molar-refractivity contribution is 5.99. The topological polar surface area (TPSA) is 90.0 Å². The van der Waals surface area contributed by atoms with Crippen LogP contribution in [0.4, 0.5) is 0 Å². The Morgan fingerprint density at radius 3 is 2.68 bits per heavy atom. The van der Waals surface area contributed by atoms with E-state index in [-0.39, 0.29) is 5.91 Å². The molecular formula is C23H19N7O. The summed E-state index contributed by atoms with van der Waals surface area (Å²) in [6.07, 6.45) is 8.39. The van der Waals surface area contributed by atoms with Gasteiger partial charge >= 0.3 is 0 Å². The van der Waals surface area contributed by atoms with Gasteiger partial charge in [0.15, 0.2) is 5.65 Å². The van der Waals surface area contributed by atoms with Gasteiger partial charge < -0.3 is 5.32 Å². The van der Waals surface area contributed by atoms with Crippen molar-refractivity contribution in [2.75, 3.05) is 0 Å². The number of aromatic nitrogens is 6. The van der Waals surface area contributed by atoms with E-state index in [4.69, 9.17) is 5.10 Å². The van der Waals surface area contributed by atoms with E-state index in [9.17, 15) is 4.79 Å². The molecule has 31 heavy (non-hydrogen) atoms. The average Bonchev–Trinajstić information content (AvgIpc) is 3.43. The van der Waals surface area contributed by atoms with Gasteiger partial charge in [-0.1, -0.05) is 17.7 Å². The van der Waals surface area contributed by atoms with Crippen LogP contribution in [0.5, 0.6) is 0 Å². The van der Waals surface area contributed by atoms with E-state index < -0.39 is 0 Å². The summed E-state index contributed by atoms with van der Waals surface area (Å²) in [5.41, 5.74) is 5.66. The summed E-state index contributed by atoms with van der Waals surface area (Å²) in [5.74, 6) is -0.240. The number of carbonyl (C=O) groups is 1. The molecule has 0 fully saturated rings. The predicted molar refractivity (Wildman–Crippen MR) is 116 cm³/mol. The van der Waals surface area contributed by atoms with Crippen LogP contribution in [0, 0.1) is 6.92 Å². The largest absolute Gasteiger partial charge is 0.346 e. The quantitative estimate of drug-likeness (QED) is 0.481. The number of hydrogen-bond acceptors (Lipinski definition) is 5. The Bertz CT molecular complexity index is 1350. The van der Waals surface area contributed by atoms with Crippen molar-refractivity contribution >= 4 is 11.6 Å². The summed E-state index contributed by atoms with van der Waals surface area (Å²) < 4.78 is 3.43. The molecule has 0 aliphatic rings. The molecule has 0 aliphatic carbocycles. The predicted octanol–water partition coefficient (Wildman–Crippen LogP) is 3.22. The number of fused-ring (bicyclic) bond motifs is 1. The molecule has 4 aromatic heterocycles. The van der Waals surface area contributed by atoms with E-state index in [1.807, 2.05) is 54.1 Å². The Hall–Kier alpha value is -4.33. The maximum atomic E-state index is 12.8. The summed E-state index contributed by atoms with van der Waals surface area (Å²) in [7, 11) is 0. The first kappa shape index (κ1) is 18.7. The summed E-state index contributed by atoms with van der Waals surface area (Å²) >= 11 is 0. The van der Waals surface area contributed by atoms with Crippen molar-refractivity contribution in [3.05, 3.63) is 96.3 Å². The number of benzene rings is 1. The zero-order chi connectivity index (χ0) is 21.2. The average molecular weight is 409 g/mol. The molecule has 0 unspecified atom stereocenters. The lowest BCUT2D eigenvalue weighted by Crippen LogP contribution is -2.24. The van der Waals surface area contributed by atoms with Gasteiger partial charge in [-0.2, -0.15) is 10.2 Å². The lowest BCUT2D eigenvalue weighted by molar-refractivity contribution is 0.0951. The minimum atomic E-state index is -0.240. The van der Waals surface area contributed by atoms with Gasteiger partial charge in [0.25, 0.3) is 5.91 Å². The number of nitrogens with one attached hydrogen (secondary N) is 1. The highest BCUT2D eigenvalue weighted by Gasteiger charge is 2.16. The maximum absolute atomic E-state index is 12.8. The first-order chi connectivity index (χ1) is 15.2. The summed E-state index contributed by atoms with van der Waals surface area (Å²) in [4.78, 5) is 21.1. The van der Waals surface area contributed by atoms with Crippen molar-refractivity contribution < 1.29 is 4.79 Å². The third-order valence-electron chi connectivity index (χ3n) is 4.99. The van der Waals surface area contributed by atoms with Crippen molar-refractivity contribution in [3.63, 3.8) is 0 Å². The molecule has 0 saturated carbocycles. The number of aryl methyl sites for hydroxylation is 1. The van der Waals surface area contributed by atoms with E-state index in [1.165, 1.54) is 11.8 Å². The second-order valence-electron chi connectivity index (χ2n) is 7.13. The zero-order valence-corrected chi connectivity index (χ0v) is 16.8. The Labute approximate surface area is 178 Å². The monoisotopic (exact) mass is 409 g/mol. The Kier molecular flexibility index (Phi) is 4.72. The van der Waals surface area contributed by atoms with Crippen LogP contribution < -0.4 is 5.32 Å². The molecule has 1 aromatic carbocycles. The standard InChI is InChI=1S/C23H19N7O/c1-16-3-5-18(6-4-16)30-19(13-21(28-30)17-7-10-24-11-8-17)14-26-23(31)20-15-27-29-12-2-9-25-22(20)29/h2-13,15H,14H2,1H3,(H,26,31). The van der Waals surface area contributed by atoms with Crippen LogP contribution in [0.2, 0.25) is 0 Å². The van der Waals surface area contributed by atoms with Crippen LogP contribution in [0.15, 0.2) is 79.5 Å². The molecule has 0 saturated heterocycles. The highest BCUT2D eigenvalue weighted by Crippen LogP contribution is 2.21. The van der Waals surface area contributed by atoms with Crippen LogP contribution in [0.25, 0.3) is 22.6 Å². The van der Waals surface area contributed by atoms with Crippen LogP contribution in [0.1, 0.15) is 21.6 Å². The molecule has 0 radical (unpaired) electrons. The molecule has 0 atom stereocenters. The first-order valence-electron chi connectivity index (χ1n) is 9.82. The van der Waals surface area contributed by atoms with Gasteiger partial charge in [0.1, 0.15) is 5.56 Å². The Morgan fingerprint density at radius 1 is 1.06 bits per heavy atom. The lowest BCUT2D eigenvalue weighted by atomic mass is 10.2. The second kappa shape index (κ2) is 7.83. The molecule has 0 bridgehead atoms. The number of rotatable bonds is 5. The fourth-order valence-electron chi connectivity index (χ4n) is 3.37. The highest BCUT2D eigenvalue weighted by atomic mass is 16.1. The van der Waals surface area contributed by atoms with Crippen LogP contribution >= 0.6 is 0 Å². The molecule has 4 heterocycles. The summed E-state index contributed by atoms with van der Waals surface area (Å²) in [5, 5.41) is 11.9. The molecule has 5 rings (SSSR count). The fourth-order valence-corrected chi connectivity index (χ4v) is 3.37. The van der Waals surface area contributed by atoms with E-state index in [2.05, 4.69) is 20.4 Å². The smallest absolute Gasteiger partial charge is 0.257 e. The van der Waals surface area contributed by atoms with Gasteiger partial charge in [-0.25, -0.2) is 14.2 Å². The normalized spacial score (nSPS) is 11.0.